The minimum Gasteiger partial charge on any atom is -0.326 e. The van der Waals surface area contributed by atoms with Crippen LogP contribution in [0.2, 0.25) is 10.0 Å². The van der Waals surface area contributed by atoms with E-state index in [-0.39, 0.29) is 5.91 Å². The molecule has 0 spiro atoms. The molecule has 2 aromatic rings. The zero-order chi connectivity index (χ0) is 13.1. The lowest BCUT2D eigenvalue weighted by Gasteiger charge is -2.10. The molecule has 0 saturated heterocycles. The second kappa shape index (κ2) is 5.42. The van der Waals surface area contributed by atoms with E-state index in [0.717, 1.165) is 16.8 Å². The average molecular weight is 280 g/mol. The molecule has 2 rings (SSSR count). The van der Waals surface area contributed by atoms with Gasteiger partial charge in [-0.15, -0.1) is 0 Å². The fourth-order valence-corrected chi connectivity index (χ4v) is 1.98. The first-order valence-corrected chi connectivity index (χ1v) is 6.15. The van der Waals surface area contributed by atoms with Crippen LogP contribution in [0.3, 0.4) is 0 Å². The highest BCUT2D eigenvalue weighted by atomic mass is 35.5. The molecule has 0 aliphatic rings. The number of nitrogens with one attached hydrogen (secondary N) is 1. The highest BCUT2D eigenvalue weighted by Gasteiger charge is 2.07. The second-order valence-electron chi connectivity index (χ2n) is 3.88. The molecule has 0 radical (unpaired) electrons. The normalized spacial score (nSPS) is 10.2. The van der Waals surface area contributed by atoms with Gasteiger partial charge < -0.3 is 5.32 Å². The van der Waals surface area contributed by atoms with Crippen LogP contribution in [-0.4, -0.2) is 5.91 Å². The van der Waals surface area contributed by atoms with Gasteiger partial charge in [0.2, 0.25) is 5.91 Å². The molecule has 0 unspecified atom stereocenters. The van der Waals surface area contributed by atoms with E-state index >= 15 is 0 Å². The Morgan fingerprint density at radius 2 is 1.61 bits per heavy atom. The van der Waals surface area contributed by atoms with Crippen LogP contribution in [0.15, 0.2) is 42.5 Å². The van der Waals surface area contributed by atoms with E-state index < -0.39 is 0 Å². The van der Waals surface area contributed by atoms with Crippen molar-refractivity contribution in [2.24, 2.45) is 0 Å². The van der Waals surface area contributed by atoms with Gasteiger partial charge in [-0.05, 0) is 35.9 Å². The second-order valence-corrected chi connectivity index (χ2v) is 4.75. The summed E-state index contributed by atoms with van der Waals surface area (Å²) >= 11 is 11.9. The SMILES string of the molecule is CC(=O)Nc1ccc(Cl)cc1-c1ccc(Cl)cc1. The number of amides is 1. The van der Waals surface area contributed by atoms with Crippen LogP contribution in [0.25, 0.3) is 11.1 Å². The largest absolute Gasteiger partial charge is 0.326 e. The summed E-state index contributed by atoms with van der Waals surface area (Å²) in [7, 11) is 0. The third-order valence-corrected chi connectivity index (χ3v) is 2.93. The van der Waals surface area contributed by atoms with Gasteiger partial charge in [-0.2, -0.15) is 0 Å². The van der Waals surface area contributed by atoms with Crippen LogP contribution in [0.4, 0.5) is 5.69 Å². The van der Waals surface area contributed by atoms with Crippen LogP contribution in [0.1, 0.15) is 6.92 Å². The smallest absolute Gasteiger partial charge is 0.221 e. The van der Waals surface area contributed by atoms with Crippen molar-refractivity contribution in [3.63, 3.8) is 0 Å². The van der Waals surface area contributed by atoms with Gasteiger partial charge >= 0.3 is 0 Å². The van der Waals surface area contributed by atoms with Crippen LogP contribution in [-0.2, 0) is 4.79 Å². The Hall–Kier alpha value is -1.51. The number of hydrogen-bond donors (Lipinski definition) is 1. The maximum absolute atomic E-state index is 11.2. The zero-order valence-electron chi connectivity index (χ0n) is 9.71. The van der Waals surface area contributed by atoms with Crippen molar-refractivity contribution in [3.05, 3.63) is 52.5 Å². The predicted molar refractivity (Wildman–Crippen MR) is 76.2 cm³/mol. The molecule has 0 fully saturated rings. The fraction of sp³-hybridized carbons (Fsp3) is 0.0714. The molecular weight excluding hydrogens is 269 g/mol. The Balaban J connectivity index is 2.50. The third kappa shape index (κ3) is 3.03. The molecule has 0 aliphatic heterocycles. The minimum absolute atomic E-state index is 0.118. The number of anilines is 1. The topological polar surface area (TPSA) is 29.1 Å². The number of benzene rings is 2. The molecule has 0 heterocycles. The van der Waals surface area contributed by atoms with Crippen LogP contribution >= 0.6 is 23.2 Å². The van der Waals surface area contributed by atoms with Gasteiger partial charge in [0.1, 0.15) is 0 Å². The fourth-order valence-electron chi connectivity index (χ4n) is 1.68. The summed E-state index contributed by atoms with van der Waals surface area (Å²) in [5, 5.41) is 4.07. The molecule has 0 saturated carbocycles. The molecule has 0 aromatic heterocycles. The standard InChI is InChI=1S/C14H11Cl2NO/c1-9(18)17-14-7-6-12(16)8-13(14)10-2-4-11(15)5-3-10/h2-8H,1H3,(H,17,18). The molecule has 2 nitrogen and oxygen atoms in total. The van der Waals surface area contributed by atoms with E-state index in [1.807, 2.05) is 18.2 Å². The number of carbonyl (C=O) groups excluding carboxylic acids is 1. The highest BCUT2D eigenvalue weighted by molar-refractivity contribution is 6.31. The van der Waals surface area contributed by atoms with E-state index in [4.69, 9.17) is 23.2 Å². The van der Waals surface area contributed by atoms with Crippen molar-refractivity contribution in [1.29, 1.82) is 0 Å². The van der Waals surface area contributed by atoms with E-state index in [1.165, 1.54) is 6.92 Å². The summed E-state index contributed by atoms with van der Waals surface area (Å²) in [5.41, 5.74) is 2.55. The van der Waals surface area contributed by atoms with E-state index in [0.29, 0.717) is 10.0 Å². The van der Waals surface area contributed by atoms with E-state index in [1.54, 1.807) is 24.3 Å². The predicted octanol–water partition coefficient (Wildman–Crippen LogP) is 4.62. The van der Waals surface area contributed by atoms with Gasteiger partial charge in [0, 0.05) is 28.2 Å². The molecule has 1 N–H and O–H groups in total. The van der Waals surface area contributed by atoms with Gasteiger partial charge in [-0.1, -0.05) is 35.3 Å². The van der Waals surface area contributed by atoms with E-state index in [2.05, 4.69) is 5.32 Å². The van der Waals surface area contributed by atoms with Gasteiger partial charge in [-0.3, -0.25) is 4.79 Å². The molecule has 18 heavy (non-hydrogen) atoms. The lowest BCUT2D eigenvalue weighted by molar-refractivity contribution is -0.114. The summed E-state index contributed by atoms with van der Waals surface area (Å²) < 4.78 is 0. The molecule has 4 heteroatoms. The first kappa shape index (κ1) is 12.9. The number of carbonyl (C=O) groups is 1. The zero-order valence-corrected chi connectivity index (χ0v) is 11.2. The van der Waals surface area contributed by atoms with Gasteiger partial charge in [0.15, 0.2) is 0 Å². The minimum atomic E-state index is -0.118. The summed E-state index contributed by atoms with van der Waals surface area (Å²) in [4.78, 5) is 11.2. The summed E-state index contributed by atoms with van der Waals surface area (Å²) in [6.45, 7) is 1.47. The number of hydrogen-bond acceptors (Lipinski definition) is 1. The monoisotopic (exact) mass is 279 g/mol. The lowest BCUT2D eigenvalue weighted by Crippen LogP contribution is -2.06. The number of rotatable bonds is 2. The molecule has 0 atom stereocenters. The van der Waals surface area contributed by atoms with Crippen molar-refractivity contribution in [3.8, 4) is 11.1 Å². The Morgan fingerprint density at radius 3 is 2.22 bits per heavy atom. The summed E-state index contributed by atoms with van der Waals surface area (Å²) in [6, 6.07) is 12.7. The molecule has 0 bridgehead atoms. The number of halogens is 2. The quantitative estimate of drug-likeness (QED) is 0.854. The Labute approximate surface area is 116 Å². The average Bonchev–Trinajstić information content (AvgIpc) is 2.32. The van der Waals surface area contributed by atoms with Crippen molar-refractivity contribution < 1.29 is 4.79 Å². The first-order chi connectivity index (χ1) is 8.56. The maximum Gasteiger partial charge on any atom is 0.221 e. The maximum atomic E-state index is 11.2. The first-order valence-electron chi connectivity index (χ1n) is 5.39. The van der Waals surface area contributed by atoms with Crippen LogP contribution in [0.5, 0.6) is 0 Å². The van der Waals surface area contributed by atoms with E-state index in [9.17, 15) is 4.79 Å². The Kier molecular flexibility index (Phi) is 3.90. The molecule has 2 aromatic carbocycles. The summed E-state index contributed by atoms with van der Waals surface area (Å²) in [6.07, 6.45) is 0. The molecule has 1 amide bonds. The van der Waals surface area contributed by atoms with Gasteiger partial charge in [-0.25, -0.2) is 0 Å². The molecule has 0 aliphatic carbocycles. The van der Waals surface area contributed by atoms with Gasteiger partial charge in [0.25, 0.3) is 0 Å². The lowest BCUT2D eigenvalue weighted by atomic mass is 10.0. The molecular formula is C14H11Cl2NO. The van der Waals surface area contributed by atoms with Crippen LogP contribution < -0.4 is 5.32 Å². The van der Waals surface area contributed by atoms with Crippen molar-refractivity contribution in [1.82, 2.24) is 0 Å². The van der Waals surface area contributed by atoms with Crippen molar-refractivity contribution >= 4 is 34.8 Å². The summed E-state index contributed by atoms with van der Waals surface area (Å²) in [5.74, 6) is -0.118. The highest BCUT2D eigenvalue weighted by Crippen LogP contribution is 2.31. The Morgan fingerprint density at radius 1 is 1.00 bits per heavy atom. The van der Waals surface area contributed by atoms with Crippen LogP contribution in [0, 0.1) is 0 Å². The van der Waals surface area contributed by atoms with Crippen molar-refractivity contribution in [2.75, 3.05) is 5.32 Å². The Bertz CT molecular complexity index is 579. The van der Waals surface area contributed by atoms with Gasteiger partial charge in [0.05, 0.1) is 0 Å². The third-order valence-electron chi connectivity index (χ3n) is 2.45. The molecule has 92 valence electrons. The van der Waals surface area contributed by atoms with Crippen molar-refractivity contribution in [2.45, 2.75) is 6.92 Å².